The van der Waals surface area contributed by atoms with Crippen molar-refractivity contribution in [3.8, 4) is 0 Å². The summed E-state index contributed by atoms with van der Waals surface area (Å²) in [7, 11) is 0. The Hall–Kier alpha value is -0.490. The Morgan fingerprint density at radius 2 is 2.24 bits per heavy atom. The van der Waals surface area contributed by atoms with E-state index in [9.17, 15) is 0 Å². The van der Waals surface area contributed by atoms with Gasteiger partial charge in [-0.15, -0.1) is 11.3 Å². The van der Waals surface area contributed by atoms with Crippen molar-refractivity contribution in [1.29, 1.82) is 0 Å². The van der Waals surface area contributed by atoms with Crippen LogP contribution in [0.5, 0.6) is 0 Å². The highest BCUT2D eigenvalue weighted by Crippen LogP contribution is 2.28. The minimum atomic E-state index is 0.153. The van der Waals surface area contributed by atoms with Crippen LogP contribution in [-0.2, 0) is 16.7 Å². The smallest absolute Gasteiger partial charge is 0.0982 e. The molecule has 1 aliphatic heterocycles. The van der Waals surface area contributed by atoms with Crippen molar-refractivity contribution in [2.75, 3.05) is 26.2 Å². The molecule has 1 saturated carbocycles. The molecule has 1 aliphatic carbocycles. The highest BCUT2D eigenvalue weighted by molar-refractivity contribution is 7.09. The van der Waals surface area contributed by atoms with Crippen LogP contribution in [0.3, 0.4) is 0 Å². The summed E-state index contributed by atoms with van der Waals surface area (Å²) in [4.78, 5) is 7.32. The monoisotopic (exact) mass is 309 g/mol. The Balaban J connectivity index is 1.42. The lowest BCUT2D eigenvalue weighted by molar-refractivity contribution is -0.0301. The van der Waals surface area contributed by atoms with Crippen molar-refractivity contribution >= 4 is 11.3 Å². The number of morpholine rings is 1. The van der Waals surface area contributed by atoms with Gasteiger partial charge >= 0.3 is 0 Å². The number of thiazole rings is 1. The lowest BCUT2D eigenvalue weighted by Gasteiger charge is -2.33. The molecule has 1 N–H and O–H groups in total. The first kappa shape index (κ1) is 15.4. The van der Waals surface area contributed by atoms with E-state index in [4.69, 9.17) is 9.72 Å². The molecule has 2 fully saturated rings. The maximum Gasteiger partial charge on any atom is 0.0982 e. The summed E-state index contributed by atoms with van der Waals surface area (Å²) >= 11 is 1.76. The summed E-state index contributed by atoms with van der Waals surface area (Å²) in [6.45, 7) is 11.5. The normalized spacial score (nSPS) is 24.4. The maximum atomic E-state index is 5.86. The molecular formula is C16H27N3OS. The molecule has 1 aromatic heterocycles. The van der Waals surface area contributed by atoms with Gasteiger partial charge in [0.15, 0.2) is 0 Å². The summed E-state index contributed by atoms with van der Waals surface area (Å²) in [6, 6.07) is 0.851. The highest BCUT2D eigenvalue weighted by atomic mass is 32.1. The molecule has 3 rings (SSSR count). The van der Waals surface area contributed by atoms with E-state index in [0.29, 0.717) is 6.10 Å². The molecule has 1 aromatic rings. The molecule has 1 saturated heterocycles. The van der Waals surface area contributed by atoms with E-state index in [0.717, 1.165) is 44.5 Å². The first-order valence-corrected chi connectivity index (χ1v) is 8.91. The highest BCUT2D eigenvalue weighted by Gasteiger charge is 2.32. The second-order valence-corrected chi connectivity index (χ2v) is 8.10. The second kappa shape index (κ2) is 6.32. The molecule has 2 aliphatic rings. The van der Waals surface area contributed by atoms with E-state index < -0.39 is 0 Å². The number of hydrogen-bond acceptors (Lipinski definition) is 5. The van der Waals surface area contributed by atoms with Crippen LogP contribution >= 0.6 is 11.3 Å². The fourth-order valence-electron chi connectivity index (χ4n) is 2.73. The molecule has 0 bridgehead atoms. The largest absolute Gasteiger partial charge is 0.374 e. The molecule has 118 valence electrons. The van der Waals surface area contributed by atoms with Gasteiger partial charge in [0.05, 0.1) is 23.4 Å². The first-order valence-electron chi connectivity index (χ1n) is 8.03. The third-order valence-corrected chi connectivity index (χ3v) is 5.42. The molecule has 4 nitrogen and oxygen atoms in total. The predicted molar refractivity (Wildman–Crippen MR) is 86.9 cm³/mol. The minimum absolute atomic E-state index is 0.153. The van der Waals surface area contributed by atoms with Crippen molar-refractivity contribution in [1.82, 2.24) is 15.2 Å². The van der Waals surface area contributed by atoms with Gasteiger partial charge in [0.2, 0.25) is 0 Å². The number of nitrogens with zero attached hydrogens (tertiary/aromatic N) is 2. The van der Waals surface area contributed by atoms with Crippen molar-refractivity contribution in [2.45, 2.75) is 57.7 Å². The summed E-state index contributed by atoms with van der Waals surface area (Å²) in [5, 5.41) is 6.90. The van der Waals surface area contributed by atoms with E-state index in [1.54, 1.807) is 11.3 Å². The molecular weight excluding hydrogens is 282 g/mol. The van der Waals surface area contributed by atoms with Crippen molar-refractivity contribution in [3.63, 3.8) is 0 Å². The SMILES string of the molecule is CC(C)(C)c1nc(CNC[C@@H]2CN(C3CC3)CCO2)cs1. The zero-order valence-corrected chi connectivity index (χ0v) is 14.2. The lowest BCUT2D eigenvalue weighted by Crippen LogP contribution is -2.47. The lowest BCUT2D eigenvalue weighted by atomic mass is 9.98. The van der Waals surface area contributed by atoms with Crippen LogP contribution in [0.1, 0.15) is 44.3 Å². The molecule has 2 heterocycles. The van der Waals surface area contributed by atoms with Gasteiger partial charge in [-0.3, -0.25) is 4.90 Å². The Morgan fingerprint density at radius 1 is 1.43 bits per heavy atom. The van der Waals surface area contributed by atoms with E-state index in [-0.39, 0.29) is 5.41 Å². The number of rotatable bonds is 5. The average Bonchev–Trinajstić information content (AvgIpc) is 3.17. The number of aromatic nitrogens is 1. The second-order valence-electron chi connectivity index (χ2n) is 7.24. The van der Waals surface area contributed by atoms with Crippen molar-refractivity contribution in [3.05, 3.63) is 16.1 Å². The van der Waals surface area contributed by atoms with E-state index in [1.165, 1.54) is 17.8 Å². The predicted octanol–water partition coefficient (Wildman–Crippen LogP) is 2.39. The zero-order chi connectivity index (χ0) is 14.9. The molecule has 0 spiro atoms. The fourth-order valence-corrected chi connectivity index (χ4v) is 3.64. The molecule has 0 amide bonds. The van der Waals surface area contributed by atoms with Gasteiger partial charge in [0, 0.05) is 43.0 Å². The average molecular weight is 309 g/mol. The van der Waals surface area contributed by atoms with E-state index in [1.807, 2.05) is 0 Å². The Bertz CT molecular complexity index is 464. The van der Waals surface area contributed by atoms with Crippen molar-refractivity contribution < 1.29 is 4.74 Å². The Morgan fingerprint density at radius 3 is 2.90 bits per heavy atom. The molecule has 5 heteroatoms. The van der Waals surface area contributed by atoms with Crippen LogP contribution in [0.15, 0.2) is 5.38 Å². The summed E-state index contributed by atoms with van der Waals surface area (Å²) in [6.07, 6.45) is 3.10. The quantitative estimate of drug-likeness (QED) is 0.906. The Labute approximate surface area is 131 Å². The number of ether oxygens (including phenoxy) is 1. The third-order valence-electron chi connectivity index (χ3n) is 4.10. The fraction of sp³-hybridized carbons (Fsp3) is 0.812. The van der Waals surface area contributed by atoms with Crippen LogP contribution < -0.4 is 5.32 Å². The molecule has 21 heavy (non-hydrogen) atoms. The topological polar surface area (TPSA) is 37.4 Å². The standard InChI is InChI=1S/C16H27N3OS/c1-16(2,3)15-18-12(11-21-15)8-17-9-14-10-19(6-7-20-14)13-4-5-13/h11,13-14,17H,4-10H2,1-3H3/t14-/m1/s1. The van der Waals surface area contributed by atoms with Gasteiger partial charge in [0.1, 0.15) is 0 Å². The summed E-state index contributed by atoms with van der Waals surface area (Å²) in [5.41, 5.74) is 1.31. The molecule has 0 aromatic carbocycles. The van der Waals surface area contributed by atoms with Crippen LogP contribution in [0.2, 0.25) is 0 Å². The van der Waals surface area contributed by atoms with Gasteiger partial charge in [-0.05, 0) is 12.8 Å². The van der Waals surface area contributed by atoms with Gasteiger partial charge in [0.25, 0.3) is 0 Å². The number of nitrogens with one attached hydrogen (secondary N) is 1. The zero-order valence-electron chi connectivity index (χ0n) is 13.4. The molecule has 0 unspecified atom stereocenters. The van der Waals surface area contributed by atoms with Gasteiger partial charge in [-0.2, -0.15) is 0 Å². The molecule has 1 atom stereocenters. The maximum absolute atomic E-state index is 5.86. The van der Waals surface area contributed by atoms with E-state index in [2.05, 4.69) is 36.4 Å². The van der Waals surface area contributed by atoms with Gasteiger partial charge < -0.3 is 10.1 Å². The minimum Gasteiger partial charge on any atom is -0.374 e. The van der Waals surface area contributed by atoms with Crippen molar-refractivity contribution in [2.24, 2.45) is 0 Å². The van der Waals surface area contributed by atoms with Crippen LogP contribution in [0, 0.1) is 0 Å². The van der Waals surface area contributed by atoms with Crippen LogP contribution in [0.25, 0.3) is 0 Å². The summed E-state index contributed by atoms with van der Waals surface area (Å²) < 4.78 is 5.86. The van der Waals surface area contributed by atoms with Crippen LogP contribution in [-0.4, -0.2) is 48.3 Å². The van der Waals surface area contributed by atoms with E-state index >= 15 is 0 Å². The molecule has 0 radical (unpaired) electrons. The summed E-state index contributed by atoms with van der Waals surface area (Å²) in [5.74, 6) is 0. The van der Waals surface area contributed by atoms with Gasteiger partial charge in [-0.25, -0.2) is 4.98 Å². The first-order chi connectivity index (χ1) is 10.0. The third kappa shape index (κ3) is 4.25. The Kier molecular flexibility index (Phi) is 4.64. The van der Waals surface area contributed by atoms with Crippen LogP contribution in [0.4, 0.5) is 0 Å². The van der Waals surface area contributed by atoms with Gasteiger partial charge in [-0.1, -0.05) is 20.8 Å². The number of hydrogen-bond donors (Lipinski definition) is 1.